The van der Waals surface area contributed by atoms with E-state index in [1.165, 1.54) is 0 Å². The smallest absolute Gasteiger partial charge is 0.227 e. The van der Waals surface area contributed by atoms with Crippen LogP contribution in [0.3, 0.4) is 0 Å². The summed E-state index contributed by atoms with van der Waals surface area (Å²) in [5.74, 6) is 0.338. The number of aromatic nitrogens is 2. The van der Waals surface area contributed by atoms with E-state index in [1.807, 2.05) is 40.0 Å². The number of likely N-dealkylation sites (tertiary alicyclic amines) is 1. The summed E-state index contributed by atoms with van der Waals surface area (Å²) in [6, 6.07) is 8.06. The zero-order valence-corrected chi connectivity index (χ0v) is 15.7. The summed E-state index contributed by atoms with van der Waals surface area (Å²) in [4.78, 5) is 17.0. The molecule has 0 spiro atoms. The molecule has 2 fully saturated rings. The molecule has 1 aromatic carbocycles. The Labute approximate surface area is 158 Å². The van der Waals surface area contributed by atoms with Gasteiger partial charge in [0.15, 0.2) is 0 Å². The van der Waals surface area contributed by atoms with Crippen molar-refractivity contribution in [3.05, 3.63) is 35.1 Å². The lowest BCUT2D eigenvalue weighted by Gasteiger charge is -2.36. The summed E-state index contributed by atoms with van der Waals surface area (Å²) < 4.78 is 7.99. The molecule has 6 nitrogen and oxygen atoms in total. The predicted molar refractivity (Wildman–Crippen MR) is 102 cm³/mol. The van der Waals surface area contributed by atoms with Crippen LogP contribution < -0.4 is 0 Å². The lowest BCUT2D eigenvalue weighted by atomic mass is 9.96. The number of fused-ring (bicyclic) bond motifs is 1. The number of hydrogen-bond acceptors (Lipinski definition) is 5. The molecular formula is C19H24N4O2S. The highest BCUT2D eigenvalue weighted by Gasteiger charge is 2.30. The van der Waals surface area contributed by atoms with Crippen molar-refractivity contribution in [1.29, 1.82) is 0 Å². The van der Waals surface area contributed by atoms with E-state index in [2.05, 4.69) is 10.00 Å². The lowest BCUT2D eigenvalue weighted by Crippen LogP contribution is -2.48. The van der Waals surface area contributed by atoms with Crippen molar-refractivity contribution < 1.29 is 9.53 Å². The van der Waals surface area contributed by atoms with Crippen molar-refractivity contribution >= 4 is 28.9 Å². The van der Waals surface area contributed by atoms with Crippen LogP contribution in [0.4, 0.5) is 0 Å². The molecule has 7 heteroatoms. The maximum Gasteiger partial charge on any atom is 0.227 e. The molecule has 2 aliphatic rings. The highest BCUT2D eigenvalue weighted by molar-refractivity contribution is 7.71. The molecule has 0 radical (unpaired) electrons. The topological polar surface area (TPSA) is 50.6 Å². The van der Waals surface area contributed by atoms with Crippen molar-refractivity contribution in [2.45, 2.75) is 19.5 Å². The fourth-order valence-electron chi connectivity index (χ4n) is 3.85. The van der Waals surface area contributed by atoms with E-state index in [0.29, 0.717) is 33.0 Å². The molecule has 1 amide bonds. The van der Waals surface area contributed by atoms with Crippen LogP contribution in [0.5, 0.6) is 0 Å². The first-order valence-corrected chi connectivity index (χ1v) is 9.67. The second-order valence-electron chi connectivity index (χ2n) is 7.03. The van der Waals surface area contributed by atoms with Gasteiger partial charge in [0.05, 0.1) is 32.0 Å². The molecule has 26 heavy (non-hydrogen) atoms. The maximum absolute atomic E-state index is 12.8. The van der Waals surface area contributed by atoms with Gasteiger partial charge >= 0.3 is 0 Å². The van der Waals surface area contributed by atoms with Crippen LogP contribution in [0.1, 0.15) is 12.8 Å². The Morgan fingerprint density at radius 3 is 2.88 bits per heavy atom. The molecule has 0 bridgehead atoms. The molecule has 2 aliphatic heterocycles. The second kappa shape index (κ2) is 7.82. The van der Waals surface area contributed by atoms with Gasteiger partial charge in [-0.2, -0.15) is 5.10 Å². The van der Waals surface area contributed by atoms with Gasteiger partial charge in [-0.15, -0.1) is 0 Å². The van der Waals surface area contributed by atoms with Gasteiger partial charge in [-0.3, -0.25) is 9.69 Å². The summed E-state index contributed by atoms with van der Waals surface area (Å²) in [5.41, 5.74) is 0. The minimum absolute atomic E-state index is 0.0662. The molecule has 2 saturated heterocycles. The summed E-state index contributed by atoms with van der Waals surface area (Å²) in [6.07, 6.45) is 3.86. The molecule has 3 heterocycles. The Balaban J connectivity index is 1.46. The normalized spacial score (nSPS) is 21.8. The van der Waals surface area contributed by atoms with Crippen molar-refractivity contribution in [3.8, 4) is 0 Å². The number of rotatable bonds is 3. The summed E-state index contributed by atoms with van der Waals surface area (Å²) in [6.45, 7) is 5.11. The number of nitrogens with zero attached hydrogens (tertiary/aromatic N) is 4. The van der Waals surface area contributed by atoms with Crippen LogP contribution in [0.2, 0.25) is 0 Å². The maximum atomic E-state index is 12.8. The van der Waals surface area contributed by atoms with Crippen molar-refractivity contribution in [3.63, 3.8) is 0 Å². The second-order valence-corrected chi connectivity index (χ2v) is 7.42. The van der Waals surface area contributed by atoms with Gasteiger partial charge in [0.1, 0.15) is 4.64 Å². The highest BCUT2D eigenvalue weighted by Crippen LogP contribution is 2.21. The third-order valence-corrected chi connectivity index (χ3v) is 5.70. The van der Waals surface area contributed by atoms with E-state index in [9.17, 15) is 4.79 Å². The highest BCUT2D eigenvalue weighted by atomic mass is 32.1. The number of carbonyl (C=O) groups is 1. The molecule has 0 saturated carbocycles. The minimum atomic E-state index is 0.0662. The Hall–Kier alpha value is -1.83. The van der Waals surface area contributed by atoms with E-state index in [-0.39, 0.29) is 11.8 Å². The fraction of sp³-hybridized carbons (Fsp3) is 0.526. The zero-order chi connectivity index (χ0) is 17.9. The predicted octanol–water partition coefficient (Wildman–Crippen LogP) is 2.29. The number of piperidine rings is 1. The van der Waals surface area contributed by atoms with E-state index < -0.39 is 0 Å². The lowest BCUT2D eigenvalue weighted by molar-refractivity contribution is -0.141. The van der Waals surface area contributed by atoms with Crippen LogP contribution >= 0.6 is 12.2 Å². The van der Waals surface area contributed by atoms with Crippen LogP contribution in [0.25, 0.3) is 10.8 Å². The molecule has 2 aromatic rings. The van der Waals surface area contributed by atoms with Crippen molar-refractivity contribution in [2.24, 2.45) is 5.92 Å². The monoisotopic (exact) mass is 372 g/mol. The molecule has 1 atom stereocenters. The van der Waals surface area contributed by atoms with Gasteiger partial charge in [0, 0.05) is 30.4 Å². The number of morpholine rings is 1. The number of amides is 1. The Morgan fingerprint density at radius 2 is 2.04 bits per heavy atom. The molecular weight excluding hydrogens is 348 g/mol. The first kappa shape index (κ1) is 17.6. The fourth-order valence-corrected chi connectivity index (χ4v) is 4.14. The van der Waals surface area contributed by atoms with Crippen LogP contribution in [0, 0.1) is 10.6 Å². The number of hydrogen-bond donors (Lipinski definition) is 0. The Kier molecular flexibility index (Phi) is 5.28. The van der Waals surface area contributed by atoms with Crippen molar-refractivity contribution in [2.75, 3.05) is 39.4 Å². The van der Waals surface area contributed by atoms with Gasteiger partial charge in [-0.05, 0) is 19.4 Å². The Morgan fingerprint density at radius 1 is 1.23 bits per heavy atom. The van der Waals surface area contributed by atoms with E-state index >= 15 is 0 Å². The number of carbonyl (C=O) groups excluding carboxylic acids is 1. The van der Waals surface area contributed by atoms with Gasteiger partial charge in [0.2, 0.25) is 5.91 Å². The van der Waals surface area contributed by atoms with E-state index in [4.69, 9.17) is 17.0 Å². The summed E-state index contributed by atoms with van der Waals surface area (Å²) in [5, 5.41) is 6.63. The van der Waals surface area contributed by atoms with Gasteiger partial charge < -0.3 is 9.64 Å². The molecule has 0 N–H and O–H groups in total. The minimum Gasteiger partial charge on any atom is -0.378 e. The summed E-state index contributed by atoms with van der Waals surface area (Å²) in [7, 11) is 0. The SMILES string of the molecule is O=C(C1CCCN(Cn2ncc3ccccc3c2=S)C1)N1CCOCC1. The molecule has 138 valence electrons. The zero-order valence-electron chi connectivity index (χ0n) is 14.8. The Bertz CT molecular complexity index is 847. The third kappa shape index (κ3) is 3.65. The van der Waals surface area contributed by atoms with Crippen LogP contribution in [0.15, 0.2) is 30.5 Å². The largest absolute Gasteiger partial charge is 0.378 e. The average molecular weight is 372 g/mol. The first-order valence-electron chi connectivity index (χ1n) is 9.26. The number of benzene rings is 1. The molecule has 0 aliphatic carbocycles. The number of ether oxygens (including phenoxy) is 1. The van der Waals surface area contributed by atoms with Gasteiger partial charge in [-0.25, -0.2) is 4.68 Å². The van der Waals surface area contributed by atoms with Crippen molar-refractivity contribution in [1.82, 2.24) is 19.6 Å². The molecule has 1 unspecified atom stereocenters. The average Bonchev–Trinajstić information content (AvgIpc) is 2.71. The van der Waals surface area contributed by atoms with Gasteiger partial charge in [0.25, 0.3) is 0 Å². The van der Waals surface area contributed by atoms with Gasteiger partial charge in [-0.1, -0.05) is 36.5 Å². The summed E-state index contributed by atoms with van der Waals surface area (Å²) >= 11 is 5.63. The quantitative estimate of drug-likeness (QED) is 0.774. The van der Waals surface area contributed by atoms with Crippen LogP contribution in [-0.4, -0.2) is 64.9 Å². The molecule has 4 rings (SSSR count). The van der Waals surface area contributed by atoms with E-state index in [0.717, 1.165) is 41.3 Å². The first-order chi connectivity index (χ1) is 12.7. The van der Waals surface area contributed by atoms with Crippen LogP contribution in [-0.2, 0) is 16.2 Å². The molecule has 1 aromatic heterocycles. The standard InChI is InChI=1S/C19H24N4O2S/c24-18(22-8-10-25-11-9-22)16-5-3-7-21(13-16)14-23-19(26)17-6-2-1-4-15(17)12-20-23/h1-2,4,6,12,16H,3,5,7-11,13-14H2. The van der Waals surface area contributed by atoms with E-state index in [1.54, 1.807) is 0 Å². The third-order valence-electron chi connectivity index (χ3n) is 5.27.